The normalized spacial score (nSPS) is 17.5. The van der Waals surface area contributed by atoms with Gasteiger partial charge in [0.25, 0.3) is 0 Å². The Hall–Kier alpha value is -2.83. The highest BCUT2D eigenvalue weighted by Gasteiger charge is 2.25. The number of aromatic nitrogens is 2. The van der Waals surface area contributed by atoms with E-state index in [0.717, 1.165) is 65.9 Å². The van der Waals surface area contributed by atoms with Crippen LogP contribution < -0.4 is 4.74 Å². The maximum absolute atomic E-state index is 6.18. The fraction of sp³-hybridized carbons (Fsp3) is 0.500. The van der Waals surface area contributed by atoms with E-state index >= 15 is 0 Å². The molecule has 0 unspecified atom stereocenters. The minimum absolute atomic E-state index is 0.729. The molecule has 6 heteroatoms. The van der Waals surface area contributed by atoms with Crippen LogP contribution in [0.2, 0.25) is 0 Å². The van der Waals surface area contributed by atoms with Crippen molar-refractivity contribution in [2.45, 2.75) is 51.6 Å². The second-order valence-electron chi connectivity index (χ2n) is 11.2. The standard InChI is InChI=1S/C30H38N4O2/c1-33(2)19-26-29(35-20-22-7-8-22)12-10-25-28(32-36-30(25)26)11-9-21-13-15-34(16-14-21)18-23-17-31-27-6-4-3-5-24(23)27/h3-6,10,12,17,21-22,31H,7-9,11,13-16,18-20H2,1-2H3. The lowest BCUT2D eigenvalue weighted by molar-refractivity contribution is 0.172. The van der Waals surface area contributed by atoms with Crippen LogP contribution in [-0.2, 0) is 19.5 Å². The van der Waals surface area contributed by atoms with E-state index < -0.39 is 0 Å². The monoisotopic (exact) mass is 486 g/mol. The van der Waals surface area contributed by atoms with E-state index in [-0.39, 0.29) is 0 Å². The number of nitrogens with one attached hydrogen (secondary N) is 1. The van der Waals surface area contributed by atoms with Gasteiger partial charge in [0.2, 0.25) is 0 Å². The summed E-state index contributed by atoms with van der Waals surface area (Å²) in [7, 11) is 4.18. The molecule has 6 rings (SSSR count). The molecule has 4 aromatic rings. The molecular weight excluding hydrogens is 448 g/mol. The largest absolute Gasteiger partial charge is 0.493 e. The van der Waals surface area contributed by atoms with E-state index in [1.807, 2.05) is 0 Å². The number of para-hydroxylation sites is 1. The summed E-state index contributed by atoms with van der Waals surface area (Å²) >= 11 is 0. The van der Waals surface area contributed by atoms with Crippen molar-refractivity contribution in [3.63, 3.8) is 0 Å². The number of piperidine rings is 1. The van der Waals surface area contributed by atoms with Crippen molar-refractivity contribution < 1.29 is 9.26 Å². The Morgan fingerprint density at radius 1 is 1.03 bits per heavy atom. The number of hydrogen-bond donors (Lipinski definition) is 1. The maximum atomic E-state index is 6.18. The zero-order valence-corrected chi connectivity index (χ0v) is 21.6. The third-order valence-electron chi connectivity index (χ3n) is 7.99. The summed E-state index contributed by atoms with van der Waals surface area (Å²) in [5.74, 6) is 2.43. The zero-order chi connectivity index (χ0) is 24.5. The summed E-state index contributed by atoms with van der Waals surface area (Å²) in [5, 5.41) is 7.04. The van der Waals surface area contributed by atoms with Crippen LogP contribution in [0.3, 0.4) is 0 Å². The van der Waals surface area contributed by atoms with Crippen LogP contribution in [0.15, 0.2) is 47.1 Å². The van der Waals surface area contributed by atoms with Gasteiger partial charge in [0.15, 0.2) is 5.58 Å². The van der Waals surface area contributed by atoms with Gasteiger partial charge in [0, 0.05) is 35.6 Å². The Morgan fingerprint density at radius 2 is 1.86 bits per heavy atom. The molecule has 0 amide bonds. The first-order chi connectivity index (χ1) is 17.6. The first kappa shape index (κ1) is 23.6. The number of hydrogen-bond acceptors (Lipinski definition) is 5. The lowest BCUT2D eigenvalue weighted by atomic mass is 9.91. The fourth-order valence-corrected chi connectivity index (χ4v) is 5.64. The molecule has 190 valence electrons. The number of aromatic amines is 1. The molecule has 2 aliphatic rings. The second kappa shape index (κ2) is 10.3. The van der Waals surface area contributed by atoms with Crippen LogP contribution in [0.25, 0.3) is 21.9 Å². The van der Waals surface area contributed by atoms with Gasteiger partial charge < -0.3 is 19.1 Å². The zero-order valence-electron chi connectivity index (χ0n) is 21.6. The molecule has 6 nitrogen and oxygen atoms in total. The molecule has 1 saturated carbocycles. The summed E-state index contributed by atoms with van der Waals surface area (Å²) in [6, 6.07) is 12.9. The quantitative estimate of drug-likeness (QED) is 0.298. The first-order valence-corrected chi connectivity index (χ1v) is 13.6. The van der Waals surface area contributed by atoms with Gasteiger partial charge in [-0.3, -0.25) is 4.90 Å². The number of likely N-dealkylation sites (tertiary alicyclic amines) is 1. The lowest BCUT2D eigenvalue weighted by Crippen LogP contribution is -2.33. The minimum atomic E-state index is 0.729. The Balaban J connectivity index is 1.07. The molecule has 3 heterocycles. The average molecular weight is 487 g/mol. The van der Waals surface area contributed by atoms with Crippen molar-refractivity contribution in [2.24, 2.45) is 11.8 Å². The van der Waals surface area contributed by atoms with Gasteiger partial charge in [-0.05, 0) is 101 Å². The molecule has 2 fully saturated rings. The van der Waals surface area contributed by atoms with E-state index in [2.05, 4.69) is 76.6 Å². The summed E-state index contributed by atoms with van der Waals surface area (Å²) < 4.78 is 12.1. The Kier molecular flexibility index (Phi) is 6.72. The number of benzene rings is 2. The van der Waals surface area contributed by atoms with Crippen LogP contribution in [0.1, 0.15) is 48.9 Å². The second-order valence-corrected chi connectivity index (χ2v) is 11.2. The van der Waals surface area contributed by atoms with E-state index in [4.69, 9.17) is 9.26 Å². The smallest absolute Gasteiger partial charge is 0.175 e. The van der Waals surface area contributed by atoms with E-state index in [0.29, 0.717) is 0 Å². The predicted octanol–water partition coefficient (Wildman–Crippen LogP) is 6.00. The van der Waals surface area contributed by atoms with Gasteiger partial charge in [-0.25, -0.2) is 0 Å². The molecule has 36 heavy (non-hydrogen) atoms. The molecular formula is C30H38N4O2. The molecule has 1 N–H and O–H groups in total. The van der Waals surface area contributed by atoms with E-state index in [1.165, 1.54) is 61.7 Å². The molecule has 0 atom stereocenters. The molecule has 0 radical (unpaired) electrons. The van der Waals surface area contributed by atoms with Crippen LogP contribution in [-0.4, -0.2) is 53.7 Å². The summed E-state index contributed by atoms with van der Waals surface area (Å²) in [6.45, 7) is 4.97. The van der Waals surface area contributed by atoms with Gasteiger partial charge in [-0.1, -0.05) is 23.4 Å². The van der Waals surface area contributed by atoms with Crippen molar-refractivity contribution in [1.29, 1.82) is 0 Å². The molecule has 0 bridgehead atoms. The van der Waals surface area contributed by atoms with Crippen molar-refractivity contribution in [3.05, 3.63) is 59.4 Å². The number of aryl methyl sites for hydroxylation is 1. The topological polar surface area (TPSA) is 57.5 Å². The summed E-state index contributed by atoms with van der Waals surface area (Å²) in [6.07, 6.45) is 9.42. The van der Waals surface area contributed by atoms with Gasteiger partial charge >= 0.3 is 0 Å². The molecule has 2 aromatic carbocycles. The van der Waals surface area contributed by atoms with Crippen molar-refractivity contribution in [1.82, 2.24) is 19.9 Å². The van der Waals surface area contributed by atoms with Crippen molar-refractivity contribution in [3.8, 4) is 5.75 Å². The molecule has 1 aliphatic heterocycles. The van der Waals surface area contributed by atoms with Crippen molar-refractivity contribution in [2.75, 3.05) is 33.8 Å². The number of nitrogens with zero attached hydrogens (tertiary/aromatic N) is 3. The average Bonchev–Trinajstić information content (AvgIpc) is 3.49. The Morgan fingerprint density at radius 3 is 2.67 bits per heavy atom. The van der Waals surface area contributed by atoms with E-state index in [1.54, 1.807) is 0 Å². The summed E-state index contributed by atoms with van der Waals surface area (Å²) in [5.41, 5.74) is 5.77. The third-order valence-corrected chi connectivity index (χ3v) is 7.99. The third kappa shape index (κ3) is 5.16. The predicted molar refractivity (Wildman–Crippen MR) is 144 cm³/mol. The van der Waals surface area contributed by atoms with Crippen LogP contribution in [0.4, 0.5) is 0 Å². The van der Waals surface area contributed by atoms with Crippen LogP contribution >= 0.6 is 0 Å². The molecule has 0 spiro atoms. The first-order valence-electron chi connectivity index (χ1n) is 13.6. The van der Waals surface area contributed by atoms with Gasteiger partial charge in [0.1, 0.15) is 5.75 Å². The maximum Gasteiger partial charge on any atom is 0.175 e. The van der Waals surface area contributed by atoms with Crippen molar-refractivity contribution >= 4 is 21.9 Å². The number of rotatable bonds is 10. The number of fused-ring (bicyclic) bond motifs is 2. The Bertz CT molecular complexity index is 1310. The highest BCUT2D eigenvalue weighted by Crippen LogP contribution is 2.35. The minimum Gasteiger partial charge on any atom is -0.493 e. The summed E-state index contributed by atoms with van der Waals surface area (Å²) in [4.78, 5) is 8.19. The van der Waals surface area contributed by atoms with Gasteiger partial charge in [-0.2, -0.15) is 0 Å². The van der Waals surface area contributed by atoms with Gasteiger partial charge in [-0.15, -0.1) is 0 Å². The van der Waals surface area contributed by atoms with Gasteiger partial charge in [0.05, 0.1) is 17.9 Å². The lowest BCUT2D eigenvalue weighted by Gasteiger charge is -2.31. The fourth-order valence-electron chi connectivity index (χ4n) is 5.64. The highest BCUT2D eigenvalue weighted by molar-refractivity contribution is 5.85. The number of ether oxygens (including phenoxy) is 1. The van der Waals surface area contributed by atoms with Crippen LogP contribution in [0, 0.1) is 11.8 Å². The molecule has 1 aliphatic carbocycles. The number of H-pyrrole nitrogens is 1. The molecule has 2 aromatic heterocycles. The Labute approximate surface area is 213 Å². The van der Waals surface area contributed by atoms with Crippen LogP contribution in [0.5, 0.6) is 5.75 Å². The van der Waals surface area contributed by atoms with E-state index in [9.17, 15) is 0 Å². The molecule has 1 saturated heterocycles. The highest BCUT2D eigenvalue weighted by atomic mass is 16.5. The SMILES string of the molecule is CN(C)Cc1c(OCC2CC2)ccc2c(CCC3CCN(Cc4c[nH]c5ccccc45)CC3)noc12.